The molecule has 4 heteroatoms. The van der Waals surface area contributed by atoms with Gasteiger partial charge < -0.3 is 0 Å². The van der Waals surface area contributed by atoms with Crippen LogP contribution >= 0.6 is 0 Å². The molecule has 1 aliphatic rings. The summed E-state index contributed by atoms with van der Waals surface area (Å²) >= 11 is 0. The minimum absolute atomic E-state index is 0.0606. The van der Waals surface area contributed by atoms with Gasteiger partial charge in [0.25, 0.3) is 0 Å². The lowest BCUT2D eigenvalue weighted by molar-refractivity contribution is -0.131. The second kappa shape index (κ2) is 5.45. The Morgan fingerprint density at radius 3 is 2.71 bits per heavy atom. The zero-order valence-electron chi connectivity index (χ0n) is 9.41. The molecule has 1 saturated heterocycles. The van der Waals surface area contributed by atoms with E-state index in [1.54, 1.807) is 5.06 Å². The first-order valence-corrected chi connectivity index (χ1v) is 5.58. The maximum Gasteiger partial charge on any atom is 0.0936 e. The van der Waals surface area contributed by atoms with Crippen LogP contribution in [0.2, 0.25) is 0 Å². The molecule has 2 rings (SSSR count). The number of hydroxylamine groups is 2. The van der Waals surface area contributed by atoms with Crippen LogP contribution in [0.15, 0.2) is 30.3 Å². The molecule has 0 N–H and O–H groups in total. The summed E-state index contributed by atoms with van der Waals surface area (Å²) in [6.45, 7) is 0.940. The molecule has 1 fully saturated rings. The fourth-order valence-corrected chi connectivity index (χ4v) is 2.07. The molecule has 0 aliphatic carbocycles. The first-order valence-electron chi connectivity index (χ1n) is 5.58. The Kier molecular flexibility index (Phi) is 3.72. The highest BCUT2D eigenvalue weighted by atomic mass is 16.7. The number of hydrogen-bond acceptors (Lipinski definition) is 4. The Balaban J connectivity index is 2.20. The average Bonchev–Trinajstić information content (AvgIpc) is 2.80. The van der Waals surface area contributed by atoms with E-state index in [4.69, 9.17) is 15.4 Å². The fourth-order valence-electron chi connectivity index (χ4n) is 2.07. The standard InChI is InChI=1S/C13H13N3O/c14-7-4-8-16-13(12(9-15)10-17-16)11-5-2-1-3-6-11/h1-3,5-6,12-13H,4,8,10H2/t12-,13+/m1/s1. The van der Waals surface area contributed by atoms with Crippen molar-refractivity contribution in [3.05, 3.63) is 35.9 Å². The summed E-state index contributed by atoms with van der Waals surface area (Å²) in [5, 5.41) is 19.5. The van der Waals surface area contributed by atoms with Gasteiger partial charge in [-0.25, -0.2) is 0 Å². The van der Waals surface area contributed by atoms with Crippen molar-refractivity contribution in [1.29, 1.82) is 10.5 Å². The highest BCUT2D eigenvalue weighted by Crippen LogP contribution is 2.34. The first-order chi connectivity index (χ1) is 8.36. The zero-order chi connectivity index (χ0) is 12.1. The van der Waals surface area contributed by atoms with Crippen molar-refractivity contribution in [1.82, 2.24) is 5.06 Å². The minimum Gasteiger partial charge on any atom is -0.297 e. The summed E-state index contributed by atoms with van der Waals surface area (Å²) in [4.78, 5) is 5.49. The van der Waals surface area contributed by atoms with Crippen LogP contribution in [-0.2, 0) is 4.84 Å². The van der Waals surface area contributed by atoms with Crippen molar-refractivity contribution in [3.63, 3.8) is 0 Å². The Labute approximate surface area is 101 Å². The molecule has 86 valence electrons. The second-order valence-corrected chi connectivity index (χ2v) is 3.94. The number of hydrogen-bond donors (Lipinski definition) is 0. The lowest BCUT2D eigenvalue weighted by atomic mass is 9.95. The minimum atomic E-state index is -0.170. The van der Waals surface area contributed by atoms with Crippen LogP contribution in [0.25, 0.3) is 0 Å². The maximum absolute atomic E-state index is 9.12. The molecule has 0 unspecified atom stereocenters. The average molecular weight is 227 g/mol. The lowest BCUT2D eigenvalue weighted by Crippen LogP contribution is -2.25. The van der Waals surface area contributed by atoms with Crippen LogP contribution in [0, 0.1) is 28.6 Å². The van der Waals surface area contributed by atoms with Gasteiger partial charge >= 0.3 is 0 Å². The fraction of sp³-hybridized carbons (Fsp3) is 0.385. The van der Waals surface area contributed by atoms with E-state index >= 15 is 0 Å². The second-order valence-electron chi connectivity index (χ2n) is 3.94. The predicted molar refractivity (Wildman–Crippen MR) is 61.2 cm³/mol. The van der Waals surface area contributed by atoms with Crippen LogP contribution in [-0.4, -0.2) is 18.2 Å². The topological polar surface area (TPSA) is 60.1 Å². The van der Waals surface area contributed by atoms with Gasteiger partial charge in [0.05, 0.1) is 37.1 Å². The highest BCUT2D eigenvalue weighted by Gasteiger charge is 2.36. The maximum atomic E-state index is 9.12. The van der Waals surface area contributed by atoms with E-state index in [9.17, 15) is 0 Å². The molecular weight excluding hydrogens is 214 g/mol. The lowest BCUT2D eigenvalue weighted by Gasteiger charge is -2.22. The molecule has 1 aromatic carbocycles. The van der Waals surface area contributed by atoms with E-state index < -0.39 is 0 Å². The molecule has 0 spiro atoms. The Hall–Kier alpha value is -1.88. The van der Waals surface area contributed by atoms with E-state index in [-0.39, 0.29) is 12.0 Å². The van der Waals surface area contributed by atoms with Gasteiger partial charge in [-0.05, 0) is 5.56 Å². The van der Waals surface area contributed by atoms with E-state index in [1.165, 1.54) is 0 Å². The van der Waals surface area contributed by atoms with Gasteiger partial charge in [0, 0.05) is 6.54 Å². The van der Waals surface area contributed by atoms with Crippen molar-refractivity contribution >= 4 is 0 Å². The molecule has 0 bridgehead atoms. The van der Waals surface area contributed by atoms with Gasteiger partial charge in [-0.15, -0.1) is 0 Å². The van der Waals surface area contributed by atoms with Crippen molar-refractivity contribution in [2.75, 3.05) is 13.2 Å². The molecule has 17 heavy (non-hydrogen) atoms. The third-order valence-electron chi connectivity index (χ3n) is 2.86. The van der Waals surface area contributed by atoms with E-state index in [0.29, 0.717) is 19.6 Å². The third kappa shape index (κ3) is 2.45. The Bertz CT molecular complexity index is 446. The molecule has 1 aliphatic heterocycles. The van der Waals surface area contributed by atoms with Crippen LogP contribution in [0.3, 0.4) is 0 Å². The van der Waals surface area contributed by atoms with E-state index in [0.717, 1.165) is 5.56 Å². The van der Waals surface area contributed by atoms with Gasteiger partial charge in [-0.3, -0.25) is 4.84 Å². The van der Waals surface area contributed by atoms with Gasteiger partial charge in [0.15, 0.2) is 0 Å². The number of benzene rings is 1. The molecule has 0 aromatic heterocycles. The van der Waals surface area contributed by atoms with Gasteiger partial charge in [-0.2, -0.15) is 15.6 Å². The zero-order valence-corrected chi connectivity index (χ0v) is 9.41. The quantitative estimate of drug-likeness (QED) is 0.792. The van der Waals surface area contributed by atoms with Crippen LogP contribution in [0.1, 0.15) is 18.0 Å². The van der Waals surface area contributed by atoms with Gasteiger partial charge in [0.1, 0.15) is 0 Å². The van der Waals surface area contributed by atoms with Crippen molar-refractivity contribution in [2.24, 2.45) is 5.92 Å². The number of rotatable bonds is 3. The Morgan fingerprint density at radius 1 is 1.29 bits per heavy atom. The molecule has 1 aromatic rings. The van der Waals surface area contributed by atoms with Gasteiger partial charge in [-0.1, -0.05) is 30.3 Å². The van der Waals surface area contributed by atoms with Crippen LogP contribution in [0.5, 0.6) is 0 Å². The summed E-state index contributed by atoms with van der Waals surface area (Å²) in [6, 6.07) is 14.1. The summed E-state index contributed by atoms with van der Waals surface area (Å²) in [5.41, 5.74) is 1.06. The van der Waals surface area contributed by atoms with E-state index in [2.05, 4.69) is 12.1 Å². The van der Waals surface area contributed by atoms with Crippen LogP contribution in [0.4, 0.5) is 0 Å². The van der Waals surface area contributed by atoms with E-state index in [1.807, 2.05) is 30.3 Å². The molecule has 0 radical (unpaired) electrons. The molecule has 0 amide bonds. The van der Waals surface area contributed by atoms with Crippen molar-refractivity contribution in [3.8, 4) is 12.1 Å². The largest absolute Gasteiger partial charge is 0.297 e. The molecule has 2 atom stereocenters. The monoisotopic (exact) mass is 227 g/mol. The van der Waals surface area contributed by atoms with Crippen LogP contribution < -0.4 is 0 Å². The number of nitrogens with zero attached hydrogens (tertiary/aromatic N) is 3. The summed E-state index contributed by atoms with van der Waals surface area (Å²) < 4.78 is 0. The number of nitriles is 2. The molecular formula is C13H13N3O. The summed E-state index contributed by atoms with van der Waals surface area (Å²) in [7, 11) is 0. The highest BCUT2D eigenvalue weighted by molar-refractivity contribution is 5.22. The molecule has 4 nitrogen and oxygen atoms in total. The summed E-state index contributed by atoms with van der Waals surface area (Å²) in [6.07, 6.45) is 0.404. The summed E-state index contributed by atoms with van der Waals surface area (Å²) in [5.74, 6) is -0.170. The SMILES string of the molecule is N#CCCN1OC[C@@H](C#N)[C@@H]1c1ccccc1. The van der Waals surface area contributed by atoms with Crippen molar-refractivity contribution in [2.45, 2.75) is 12.5 Å². The molecule has 0 saturated carbocycles. The Morgan fingerprint density at radius 2 is 2.06 bits per heavy atom. The third-order valence-corrected chi connectivity index (χ3v) is 2.86. The van der Waals surface area contributed by atoms with Gasteiger partial charge in [0.2, 0.25) is 0 Å². The van der Waals surface area contributed by atoms with Crippen molar-refractivity contribution < 1.29 is 4.84 Å². The predicted octanol–water partition coefficient (Wildman–Crippen LogP) is 2.03. The normalized spacial score (nSPS) is 24.1. The first kappa shape index (κ1) is 11.6. The smallest absolute Gasteiger partial charge is 0.0936 e. The molecule has 1 heterocycles.